The predicted molar refractivity (Wildman–Crippen MR) is 135 cm³/mol. The number of aromatic nitrogens is 1. The maximum absolute atomic E-state index is 13.2. The molecule has 1 unspecified atom stereocenters. The van der Waals surface area contributed by atoms with Crippen LogP contribution in [0.1, 0.15) is 56.7 Å². The Labute approximate surface area is 200 Å². The van der Waals surface area contributed by atoms with Crippen LogP contribution in [0.4, 0.5) is 9.80 Å². The Morgan fingerprint density at radius 2 is 1.94 bits per heavy atom. The van der Waals surface area contributed by atoms with E-state index < -0.39 is 6.09 Å². The van der Waals surface area contributed by atoms with Crippen LogP contribution in [0.5, 0.6) is 5.75 Å². The largest absolute Gasteiger partial charge is 0.420 e. The molecule has 6 heteroatoms. The minimum absolute atomic E-state index is 0.397. The molecule has 1 saturated carbocycles. The number of hydrogen-bond acceptors (Lipinski definition) is 5. The van der Waals surface area contributed by atoms with Crippen LogP contribution < -0.4 is 15.0 Å². The molecule has 2 heterocycles. The summed E-state index contributed by atoms with van der Waals surface area (Å²) in [5.74, 6) is 1.33. The van der Waals surface area contributed by atoms with Crippen molar-refractivity contribution < 1.29 is 9.53 Å². The summed E-state index contributed by atoms with van der Waals surface area (Å²) in [4.78, 5) is 19.4. The number of nitrogens with one attached hydrogen (secondary N) is 1. The van der Waals surface area contributed by atoms with Crippen molar-refractivity contribution in [2.75, 3.05) is 4.90 Å². The van der Waals surface area contributed by atoms with Crippen LogP contribution in [0.3, 0.4) is 0 Å². The quantitative estimate of drug-likeness (QED) is 0.379. The summed E-state index contributed by atoms with van der Waals surface area (Å²) in [7, 11) is 0. The summed E-state index contributed by atoms with van der Waals surface area (Å²) in [5, 5.41) is 6.41. The van der Waals surface area contributed by atoms with Gasteiger partial charge in [0.1, 0.15) is 5.00 Å². The Hall–Kier alpha value is -2.70. The van der Waals surface area contributed by atoms with Crippen molar-refractivity contribution in [2.24, 2.45) is 5.92 Å². The molecule has 1 fully saturated rings. The molecule has 1 aliphatic rings. The van der Waals surface area contributed by atoms with Crippen LogP contribution in [0.25, 0.3) is 0 Å². The van der Waals surface area contributed by atoms with Gasteiger partial charge in [-0.2, -0.15) is 0 Å². The van der Waals surface area contributed by atoms with Crippen LogP contribution in [0.2, 0.25) is 0 Å². The Balaban J connectivity index is 1.40. The second kappa shape index (κ2) is 12.0. The number of benzene rings is 1. The zero-order valence-corrected chi connectivity index (χ0v) is 20.1. The van der Waals surface area contributed by atoms with E-state index in [-0.39, 0.29) is 0 Å². The maximum atomic E-state index is 13.2. The first-order chi connectivity index (χ1) is 16.2. The second-order valence-electron chi connectivity index (χ2n) is 8.86. The topological polar surface area (TPSA) is 54.5 Å². The SMILES string of the molecule is CC(CC1CCCCC1)NCc1ncccc1OC(=O)N(Cc1ccccc1)c1cccs1. The van der Waals surface area contributed by atoms with Gasteiger partial charge in [-0.3, -0.25) is 9.88 Å². The lowest BCUT2D eigenvalue weighted by molar-refractivity contribution is 0.206. The molecular weight excluding hydrogens is 430 g/mol. The van der Waals surface area contributed by atoms with Crippen LogP contribution in [-0.2, 0) is 13.1 Å². The fourth-order valence-corrected chi connectivity index (χ4v) is 5.22. The minimum Gasteiger partial charge on any atom is -0.408 e. The average Bonchev–Trinajstić information content (AvgIpc) is 3.38. The van der Waals surface area contributed by atoms with E-state index in [0.29, 0.717) is 24.9 Å². The third kappa shape index (κ3) is 6.89. The Morgan fingerprint density at radius 3 is 2.70 bits per heavy atom. The van der Waals surface area contributed by atoms with E-state index in [4.69, 9.17) is 4.74 Å². The Bertz CT molecular complexity index is 988. The lowest BCUT2D eigenvalue weighted by atomic mass is 9.85. The molecule has 0 radical (unpaired) electrons. The van der Waals surface area contributed by atoms with Gasteiger partial charge in [-0.15, -0.1) is 11.3 Å². The van der Waals surface area contributed by atoms with E-state index in [1.165, 1.54) is 49.9 Å². The third-order valence-electron chi connectivity index (χ3n) is 6.25. The molecule has 1 aromatic carbocycles. The van der Waals surface area contributed by atoms with Gasteiger partial charge in [-0.25, -0.2) is 4.79 Å². The van der Waals surface area contributed by atoms with E-state index in [1.54, 1.807) is 11.1 Å². The van der Waals surface area contributed by atoms with Crippen molar-refractivity contribution in [2.45, 2.75) is 64.6 Å². The summed E-state index contributed by atoms with van der Waals surface area (Å²) >= 11 is 1.52. The molecular formula is C27H33N3O2S. The maximum Gasteiger partial charge on any atom is 0.420 e. The number of pyridine rings is 1. The number of rotatable bonds is 9. The second-order valence-corrected chi connectivity index (χ2v) is 9.79. The highest BCUT2D eigenvalue weighted by Gasteiger charge is 2.22. The van der Waals surface area contributed by atoms with Crippen LogP contribution in [-0.4, -0.2) is 17.1 Å². The van der Waals surface area contributed by atoms with Crippen LogP contribution >= 0.6 is 11.3 Å². The summed E-state index contributed by atoms with van der Waals surface area (Å²) in [5.41, 5.74) is 1.81. The highest BCUT2D eigenvalue weighted by molar-refractivity contribution is 7.14. The fraction of sp³-hybridized carbons (Fsp3) is 0.407. The fourth-order valence-electron chi connectivity index (χ4n) is 4.50. The van der Waals surface area contributed by atoms with E-state index in [9.17, 15) is 4.79 Å². The van der Waals surface area contributed by atoms with Crippen molar-refractivity contribution in [3.63, 3.8) is 0 Å². The number of amides is 1. The zero-order valence-electron chi connectivity index (χ0n) is 19.3. The normalized spacial score (nSPS) is 15.2. The van der Waals surface area contributed by atoms with Crippen molar-refractivity contribution in [3.05, 3.63) is 77.4 Å². The molecule has 3 aromatic rings. The van der Waals surface area contributed by atoms with Crippen molar-refractivity contribution in [1.82, 2.24) is 10.3 Å². The molecule has 1 N–H and O–H groups in total. The number of anilines is 1. The van der Waals surface area contributed by atoms with E-state index in [0.717, 1.165) is 22.2 Å². The first kappa shape index (κ1) is 23.5. The van der Waals surface area contributed by atoms with Gasteiger partial charge in [0, 0.05) is 18.8 Å². The van der Waals surface area contributed by atoms with Gasteiger partial charge in [-0.05, 0) is 54.5 Å². The van der Waals surface area contributed by atoms with Crippen molar-refractivity contribution in [3.8, 4) is 5.75 Å². The first-order valence-electron chi connectivity index (χ1n) is 11.9. The molecule has 174 valence electrons. The van der Waals surface area contributed by atoms with E-state index in [2.05, 4.69) is 17.2 Å². The number of ether oxygens (including phenoxy) is 1. The summed E-state index contributed by atoms with van der Waals surface area (Å²) in [6.07, 6.45) is 9.34. The van der Waals surface area contributed by atoms with Crippen molar-refractivity contribution >= 4 is 22.4 Å². The number of carbonyl (C=O) groups is 1. The molecule has 0 aliphatic heterocycles. The van der Waals surface area contributed by atoms with Gasteiger partial charge in [-0.1, -0.05) is 62.4 Å². The molecule has 1 atom stereocenters. The molecule has 1 amide bonds. The Morgan fingerprint density at radius 1 is 1.12 bits per heavy atom. The van der Waals surface area contributed by atoms with Crippen LogP contribution in [0, 0.1) is 5.92 Å². The summed E-state index contributed by atoms with van der Waals surface area (Å²) < 4.78 is 5.88. The number of thiophene rings is 1. The van der Waals surface area contributed by atoms with Gasteiger partial charge < -0.3 is 10.1 Å². The van der Waals surface area contributed by atoms with Gasteiger partial charge in [0.15, 0.2) is 5.75 Å². The van der Waals surface area contributed by atoms with Gasteiger partial charge in [0.2, 0.25) is 0 Å². The molecule has 1 aliphatic carbocycles. The van der Waals surface area contributed by atoms with E-state index >= 15 is 0 Å². The van der Waals surface area contributed by atoms with Gasteiger partial charge in [0.25, 0.3) is 0 Å². The van der Waals surface area contributed by atoms with Crippen molar-refractivity contribution in [1.29, 1.82) is 0 Å². The highest BCUT2D eigenvalue weighted by Crippen LogP contribution is 2.28. The summed E-state index contributed by atoms with van der Waals surface area (Å²) in [6.45, 7) is 3.27. The zero-order chi connectivity index (χ0) is 22.9. The molecule has 2 aromatic heterocycles. The number of hydrogen-bond donors (Lipinski definition) is 1. The smallest absolute Gasteiger partial charge is 0.408 e. The lowest BCUT2D eigenvalue weighted by Crippen LogP contribution is -2.33. The van der Waals surface area contributed by atoms with Gasteiger partial charge in [0.05, 0.1) is 12.2 Å². The molecule has 0 saturated heterocycles. The molecule has 5 nitrogen and oxygen atoms in total. The third-order valence-corrected chi connectivity index (χ3v) is 7.14. The molecule has 0 spiro atoms. The van der Waals surface area contributed by atoms with E-state index in [1.807, 2.05) is 60.0 Å². The standard InChI is InChI=1S/C27H33N3O2S/c1-21(18-22-10-4-2-5-11-22)29-19-24-25(14-8-16-28-24)32-27(31)30(26-15-9-17-33-26)20-23-12-6-3-7-13-23/h3,6-9,12-17,21-22,29H,2,4-5,10-11,18-20H2,1H3. The lowest BCUT2D eigenvalue weighted by Gasteiger charge is -2.25. The monoisotopic (exact) mass is 463 g/mol. The Kier molecular flexibility index (Phi) is 8.50. The summed E-state index contributed by atoms with van der Waals surface area (Å²) in [6, 6.07) is 17.9. The number of carbonyl (C=O) groups excluding carboxylic acids is 1. The first-order valence-corrected chi connectivity index (χ1v) is 12.8. The number of nitrogens with zero attached hydrogens (tertiary/aromatic N) is 2. The molecule has 33 heavy (non-hydrogen) atoms. The predicted octanol–water partition coefficient (Wildman–Crippen LogP) is 6.80. The average molecular weight is 464 g/mol. The molecule has 4 rings (SSSR count). The van der Waals surface area contributed by atoms with Gasteiger partial charge >= 0.3 is 6.09 Å². The minimum atomic E-state index is -0.397. The molecule has 0 bridgehead atoms. The van der Waals surface area contributed by atoms with Crippen LogP contribution in [0.15, 0.2) is 66.2 Å². The highest BCUT2D eigenvalue weighted by atomic mass is 32.1.